The first kappa shape index (κ1) is 15.6. The molecule has 5 nitrogen and oxygen atoms in total. The van der Waals surface area contributed by atoms with Crippen LogP contribution in [0.25, 0.3) is 0 Å². The molecule has 110 valence electrons. The second-order valence-electron chi connectivity index (χ2n) is 4.11. The number of carbonyl (C=O) groups is 2. The van der Waals surface area contributed by atoms with Gasteiger partial charge in [-0.15, -0.1) is 11.3 Å². The molecule has 1 heterocycles. The maximum Gasteiger partial charge on any atom is 0.316 e. The fourth-order valence-corrected chi connectivity index (χ4v) is 3.08. The van der Waals surface area contributed by atoms with E-state index in [0.29, 0.717) is 26.5 Å². The average molecular weight is 344 g/mol. The van der Waals surface area contributed by atoms with Crippen LogP contribution in [-0.2, 0) is 6.54 Å². The van der Waals surface area contributed by atoms with Gasteiger partial charge in [0.15, 0.2) is 0 Å². The maximum absolute atomic E-state index is 11.9. The Labute approximate surface area is 135 Å². The van der Waals surface area contributed by atoms with Gasteiger partial charge < -0.3 is 16.4 Å². The molecule has 0 saturated heterocycles. The first-order valence-corrected chi connectivity index (χ1v) is 7.41. The summed E-state index contributed by atoms with van der Waals surface area (Å²) < 4.78 is 0.825. The molecule has 3 amide bonds. The highest BCUT2D eigenvalue weighted by atomic mass is 35.5. The maximum atomic E-state index is 11.9. The molecular formula is C13H11Cl2N3O2S. The number of carbonyl (C=O) groups excluding carboxylic acids is 2. The van der Waals surface area contributed by atoms with Crippen LogP contribution in [0.3, 0.4) is 0 Å². The van der Waals surface area contributed by atoms with Crippen molar-refractivity contribution in [1.29, 1.82) is 0 Å². The largest absolute Gasteiger partial charge is 0.351 e. The molecule has 4 N–H and O–H groups in total. The van der Waals surface area contributed by atoms with Crippen LogP contribution in [0.1, 0.15) is 15.9 Å². The number of hydrogen-bond acceptors (Lipinski definition) is 3. The van der Waals surface area contributed by atoms with Gasteiger partial charge in [-0.2, -0.15) is 0 Å². The lowest BCUT2D eigenvalue weighted by Gasteiger charge is -2.06. The first-order valence-electron chi connectivity index (χ1n) is 5.84. The summed E-state index contributed by atoms with van der Waals surface area (Å²) >= 11 is 12.9. The van der Waals surface area contributed by atoms with Gasteiger partial charge in [-0.1, -0.05) is 35.3 Å². The Morgan fingerprint density at radius 3 is 2.38 bits per heavy atom. The van der Waals surface area contributed by atoms with E-state index in [1.165, 1.54) is 6.07 Å². The van der Waals surface area contributed by atoms with E-state index in [-0.39, 0.29) is 5.91 Å². The topological polar surface area (TPSA) is 84.2 Å². The van der Waals surface area contributed by atoms with Crippen LogP contribution in [0, 0.1) is 0 Å². The number of nitrogens with one attached hydrogen (secondary N) is 2. The summed E-state index contributed by atoms with van der Waals surface area (Å²) in [4.78, 5) is 22.6. The molecule has 2 aromatic rings. The second-order valence-corrected chi connectivity index (χ2v) is 6.39. The van der Waals surface area contributed by atoms with Crippen LogP contribution < -0.4 is 16.4 Å². The van der Waals surface area contributed by atoms with Crippen molar-refractivity contribution in [1.82, 2.24) is 5.32 Å². The number of anilines is 1. The molecule has 0 atom stereocenters. The SMILES string of the molecule is NC(=O)Nc1ccc(CNC(=O)c2cc(Cl)sc2Cl)cc1. The minimum absolute atomic E-state index is 0.289. The van der Waals surface area contributed by atoms with Crippen LogP contribution in [0.2, 0.25) is 8.67 Å². The van der Waals surface area contributed by atoms with Gasteiger partial charge in [-0.05, 0) is 23.8 Å². The Morgan fingerprint density at radius 2 is 1.86 bits per heavy atom. The normalized spacial score (nSPS) is 10.2. The monoisotopic (exact) mass is 343 g/mol. The number of primary amides is 1. The third-order valence-corrected chi connectivity index (χ3v) is 4.06. The standard InChI is InChI=1S/C13H11Cl2N3O2S/c14-10-5-9(11(15)21-10)12(19)17-6-7-1-3-8(4-2-7)18-13(16)20/h1-5H,6H2,(H,17,19)(H3,16,18,20). The Bertz CT molecular complexity index is 671. The van der Waals surface area contributed by atoms with Crippen molar-refractivity contribution in [3.05, 3.63) is 50.1 Å². The average Bonchev–Trinajstić information content (AvgIpc) is 2.76. The zero-order chi connectivity index (χ0) is 15.4. The number of rotatable bonds is 4. The summed E-state index contributed by atoms with van der Waals surface area (Å²) in [6.07, 6.45) is 0. The fraction of sp³-hybridized carbons (Fsp3) is 0.0769. The highest BCUT2D eigenvalue weighted by molar-refractivity contribution is 7.20. The number of halogens is 2. The summed E-state index contributed by atoms with van der Waals surface area (Å²) in [5.41, 5.74) is 6.83. The summed E-state index contributed by atoms with van der Waals surface area (Å²) in [6, 6.07) is 7.84. The molecule has 0 spiro atoms. The summed E-state index contributed by atoms with van der Waals surface area (Å²) in [7, 11) is 0. The minimum atomic E-state index is -0.625. The van der Waals surface area contributed by atoms with E-state index in [1.54, 1.807) is 24.3 Å². The molecule has 1 aromatic heterocycles. The summed E-state index contributed by atoms with van der Waals surface area (Å²) in [6.45, 7) is 0.333. The Kier molecular flexibility index (Phi) is 5.06. The number of benzene rings is 1. The Hall–Kier alpha value is -1.76. The van der Waals surface area contributed by atoms with Crippen LogP contribution in [-0.4, -0.2) is 11.9 Å². The smallest absolute Gasteiger partial charge is 0.316 e. The van der Waals surface area contributed by atoms with Gasteiger partial charge in [0.1, 0.15) is 4.34 Å². The van der Waals surface area contributed by atoms with Crippen molar-refractivity contribution < 1.29 is 9.59 Å². The van der Waals surface area contributed by atoms with Gasteiger partial charge in [-0.3, -0.25) is 4.79 Å². The van der Waals surface area contributed by atoms with Crippen molar-refractivity contribution >= 4 is 52.2 Å². The van der Waals surface area contributed by atoms with Gasteiger partial charge in [-0.25, -0.2) is 4.79 Å². The fourth-order valence-electron chi connectivity index (χ4n) is 1.62. The highest BCUT2D eigenvalue weighted by Crippen LogP contribution is 2.30. The quantitative estimate of drug-likeness (QED) is 0.793. The molecule has 1 aromatic carbocycles. The molecule has 8 heteroatoms. The Balaban J connectivity index is 1.95. The van der Waals surface area contributed by atoms with Crippen molar-refractivity contribution in [2.75, 3.05) is 5.32 Å². The molecule has 0 saturated carbocycles. The van der Waals surface area contributed by atoms with E-state index in [1.807, 2.05) is 0 Å². The lowest BCUT2D eigenvalue weighted by atomic mass is 10.2. The van der Waals surface area contributed by atoms with Gasteiger partial charge in [0.05, 0.1) is 9.90 Å². The molecule has 0 bridgehead atoms. The van der Waals surface area contributed by atoms with E-state index >= 15 is 0 Å². The minimum Gasteiger partial charge on any atom is -0.351 e. The van der Waals surface area contributed by atoms with Crippen LogP contribution in [0.5, 0.6) is 0 Å². The van der Waals surface area contributed by atoms with Crippen molar-refractivity contribution in [2.45, 2.75) is 6.54 Å². The van der Waals surface area contributed by atoms with Gasteiger partial charge in [0.2, 0.25) is 0 Å². The molecule has 21 heavy (non-hydrogen) atoms. The van der Waals surface area contributed by atoms with Crippen LogP contribution in [0.4, 0.5) is 10.5 Å². The van der Waals surface area contributed by atoms with Crippen molar-refractivity contribution in [3.63, 3.8) is 0 Å². The second kappa shape index (κ2) is 6.80. The molecule has 0 unspecified atom stereocenters. The number of hydrogen-bond donors (Lipinski definition) is 3. The third kappa shape index (κ3) is 4.35. The lowest BCUT2D eigenvalue weighted by Crippen LogP contribution is -2.22. The zero-order valence-electron chi connectivity index (χ0n) is 10.7. The molecule has 2 rings (SSSR count). The number of thiophene rings is 1. The van der Waals surface area contributed by atoms with Gasteiger partial charge in [0.25, 0.3) is 5.91 Å². The molecule has 0 radical (unpaired) electrons. The van der Waals surface area contributed by atoms with Crippen LogP contribution >= 0.6 is 34.5 Å². The number of urea groups is 1. The van der Waals surface area contributed by atoms with E-state index in [9.17, 15) is 9.59 Å². The summed E-state index contributed by atoms with van der Waals surface area (Å²) in [5.74, 6) is -0.289. The van der Waals surface area contributed by atoms with Crippen LogP contribution in [0.15, 0.2) is 30.3 Å². The van der Waals surface area contributed by atoms with E-state index in [0.717, 1.165) is 16.9 Å². The van der Waals surface area contributed by atoms with Gasteiger partial charge in [0, 0.05) is 12.2 Å². The number of amides is 3. The molecule has 0 aliphatic carbocycles. The first-order chi connectivity index (χ1) is 9.95. The molecular weight excluding hydrogens is 333 g/mol. The van der Waals surface area contributed by atoms with E-state index in [2.05, 4.69) is 10.6 Å². The van der Waals surface area contributed by atoms with Crippen molar-refractivity contribution in [3.8, 4) is 0 Å². The molecule has 0 fully saturated rings. The Morgan fingerprint density at radius 1 is 1.19 bits per heavy atom. The predicted octanol–water partition coefficient (Wildman–Crippen LogP) is 3.48. The van der Waals surface area contributed by atoms with Crippen molar-refractivity contribution in [2.24, 2.45) is 5.73 Å². The highest BCUT2D eigenvalue weighted by Gasteiger charge is 2.13. The molecule has 0 aliphatic heterocycles. The predicted molar refractivity (Wildman–Crippen MR) is 85.2 cm³/mol. The number of nitrogens with two attached hydrogens (primary N) is 1. The van der Waals surface area contributed by atoms with E-state index in [4.69, 9.17) is 28.9 Å². The summed E-state index contributed by atoms with van der Waals surface area (Å²) in [5, 5.41) is 5.20. The third-order valence-electron chi connectivity index (χ3n) is 2.58. The zero-order valence-corrected chi connectivity index (χ0v) is 13.0. The molecule has 0 aliphatic rings. The van der Waals surface area contributed by atoms with E-state index < -0.39 is 6.03 Å². The van der Waals surface area contributed by atoms with Gasteiger partial charge >= 0.3 is 6.03 Å². The lowest BCUT2D eigenvalue weighted by molar-refractivity contribution is 0.0951.